The first kappa shape index (κ1) is 26.0. The molecule has 19 heteroatoms. The van der Waals surface area contributed by atoms with Crippen molar-refractivity contribution < 1.29 is 65.9 Å². The minimum absolute atomic E-state index is 4.28. The molecular weight excluding hydrogens is 503 g/mol. The van der Waals surface area contributed by atoms with E-state index in [2.05, 4.69) is 33.2 Å². The predicted molar refractivity (Wildman–Crippen MR) is 59.0 cm³/mol. The minimum atomic E-state index is -8.32. The molecule has 0 rings (SSSR count). The second kappa shape index (κ2) is 6.27. The maximum absolute atomic E-state index is 13.7. The van der Waals surface area contributed by atoms with Crippen LogP contribution in [0.2, 0.25) is 0 Å². The summed E-state index contributed by atoms with van der Waals surface area (Å²) < 4.78 is 191. The van der Waals surface area contributed by atoms with Gasteiger partial charge in [0.1, 0.15) is 0 Å². The van der Waals surface area contributed by atoms with Gasteiger partial charge < -0.3 is 0 Å². The lowest BCUT2D eigenvalue weighted by Crippen LogP contribution is -2.77. The Morgan fingerprint density at radius 1 is 0.385 bits per heavy atom. The normalized spacial score (nSPS) is 18.7. The van der Waals surface area contributed by atoms with Crippen LogP contribution in [0, 0.1) is 0 Å². The molecule has 0 aliphatic carbocycles. The largest absolute Gasteiger partial charge is 0.460 e. The van der Waals surface area contributed by atoms with Gasteiger partial charge in [-0.2, -0.15) is 61.5 Å². The molecule has 1 unspecified atom stereocenters. The van der Waals surface area contributed by atoms with Crippen molar-refractivity contribution in [1.29, 1.82) is 0 Å². The van der Waals surface area contributed by atoms with Gasteiger partial charge in [0.2, 0.25) is 0 Å². The second-order valence-corrected chi connectivity index (χ2v) is 13.0. The van der Waals surface area contributed by atoms with E-state index in [-0.39, 0.29) is 0 Å². The summed E-state index contributed by atoms with van der Waals surface area (Å²) in [6.45, 7) is 0. The third-order valence-electron chi connectivity index (χ3n) is 2.75. The van der Waals surface area contributed by atoms with Crippen molar-refractivity contribution in [1.82, 2.24) is 0 Å². The summed E-state index contributed by atoms with van der Waals surface area (Å²) in [5.41, 5.74) is 0. The molecule has 0 aromatic heterocycles. The van der Waals surface area contributed by atoms with E-state index in [4.69, 9.17) is 0 Å². The molecule has 1 atom stereocenters. The van der Waals surface area contributed by atoms with Crippen molar-refractivity contribution in [3.05, 3.63) is 0 Å². The lowest BCUT2D eigenvalue weighted by atomic mass is 9.94. The zero-order chi connectivity index (χ0) is 22.0. The molecule has 0 aliphatic heterocycles. The van der Waals surface area contributed by atoms with Crippen LogP contribution in [0.3, 0.4) is 0 Å². The van der Waals surface area contributed by atoms with E-state index in [1.54, 1.807) is 0 Å². The molecule has 0 N–H and O–H groups in total. The van der Waals surface area contributed by atoms with Gasteiger partial charge in [0.25, 0.3) is 0 Å². The summed E-state index contributed by atoms with van der Waals surface area (Å²) in [4.78, 5) is 0. The second-order valence-electron chi connectivity index (χ2n) is 4.45. The maximum Gasteiger partial charge on any atom is 0.460 e. The van der Waals surface area contributed by atoms with Crippen LogP contribution in [-0.4, -0.2) is 47.3 Å². The van der Waals surface area contributed by atoms with Crippen LogP contribution in [-0.2, 0) is 0 Å². The van der Waals surface area contributed by atoms with Gasteiger partial charge in [0.05, 0.1) is 0 Å². The molecule has 0 aliphatic rings. The first-order chi connectivity index (χ1) is 10.8. The highest BCUT2D eigenvalue weighted by Crippen LogP contribution is 2.65. The maximum atomic E-state index is 13.7. The fraction of sp³-hybridized carbons (Fsp3) is 1.00. The molecule has 158 valence electrons. The predicted octanol–water partition coefficient (Wildman–Crippen LogP) is 6.56. The van der Waals surface area contributed by atoms with Gasteiger partial charge in [-0.15, -0.1) is 33.2 Å². The molecular formula is C7Cl3F15Si. The zero-order valence-electron chi connectivity index (χ0n) is 10.8. The van der Waals surface area contributed by atoms with E-state index in [9.17, 15) is 65.9 Å². The van der Waals surface area contributed by atoms with Crippen LogP contribution in [0.1, 0.15) is 0 Å². The lowest BCUT2D eigenvalue weighted by Gasteiger charge is -2.44. The Morgan fingerprint density at radius 2 is 0.654 bits per heavy atom. The summed E-state index contributed by atoms with van der Waals surface area (Å²) in [5, 5.41) is -7.17. The Balaban J connectivity index is 6.86. The topological polar surface area (TPSA) is 0 Å². The highest BCUT2D eigenvalue weighted by molar-refractivity contribution is 7.65. The molecule has 0 radical (unpaired) electrons. The van der Waals surface area contributed by atoms with Crippen molar-refractivity contribution >= 4 is 39.2 Å². The van der Waals surface area contributed by atoms with Crippen molar-refractivity contribution in [2.24, 2.45) is 0 Å². The Kier molecular flexibility index (Phi) is 6.28. The average Bonchev–Trinajstić information content (AvgIpc) is 2.32. The molecule has 0 nitrogen and oxygen atoms in total. The summed E-state index contributed by atoms with van der Waals surface area (Å²) in [5.74, 6) is -32.7. The Bertz CT molecular complexity index is 515. The van der Waals surface area contributed by atoms with E-state index in [1.807, 2.05) is 0 Å². The molecule has 0 saturated heterocycles. The molecule has 0 spiro atoms. The molecule has 0 heterocycles. The van der Waals surface area contributed by atoms with Crippen LogP contribution < -0.4 is 0 Å². The fourth-order valence-corrected chi connectivity index (χ4v) is 4.17. The number of alkyl halides is 15. The van der Waals surface area contributed by atoms with Crippen LogP contribution in [0.5, 0.6) is 0 Å². The Morgan fingerprint density at radius 3 is 0.846 bits per heavy atom. The van der Waals surface area contributed by atoms with Crippen LogP contribution in [0.15, 0.2) is 0 Å². The van der Waals surface area contributed by atoms with E-state index in [0.29, 0.717) is 0 Å². The molecule has 0 saturated carbocycles. The third kappa shape index (κ3) is 3.21. The number of rotatable bonds is 5. The highest BCUT2D eigenvalue weighted by Gasteiger charge is 2.96. The van der Waals surface area contributed by atoms with Crippen LogP contribution >= 0.6 is 33.2 Å². The van der Waals surface area contributed by atoms with E-state index in [0.717, 1.165) is 0 Å². The van der Waals surface area contributed by atoms with E-state index in [1.165, 1.54) is 0 Å². The SMILES string of the molecule is FC(F)(F)C(F)(F)C(F)(F)C(F)(F)C(F)(F)C(F)(C(F)(F)F)[Si](Cl)(Cl)Cl. The first-order valence-electron chi connectivity index (χ1n) is 5.15. The minimum Gasteiger partial charge on any atom is -0.226 e. The van der Waals surface area contributed by atoms with Gasteiger partial charge >= 0.3 is 47.3 Å². The fourth-order valence-electron chi connectivity index (χ4n) is 1.31. The average molecular weight is 503 g/mol. The zero-order valence-corrected chi connectivity index (χ0v) is 14.1. The van der Waals surface area contributed by atoms with Crippen LogP contribution in [0.25, 0.3) is 0 Å². The number of halogens is 18. The van der Waals surface area contributed by atoms with Crippen molar-refractivity contribution in [3.63, 3.8) is 0 Å². The quantitative estimate of drug-likeness (QED) is 0.227. The van der Waals surface area contributed by atoms with Gasteiger partial charge in [-0.25, -0.2) is 4.39 Å². The molecule has 0 amide bonds. The standard InChI is InChI=1S/C7Cl3F15Si/c8-26(9,10)5(19,7(23,24)25)3(15,16)1(11,12)2(13,14)4(17,18)6(20,21)22. The molecule has 26 heavy (non-hydrogen) atoms. The summed E-state index contributed by atoms with van der Waals surface area (Å²) in [6.07, 6.45) is -15.0. The van der Waals surface area contributed by atoms with Gasteiger partial charge in [-0.1, -0.05) is 0 Å². The molecule has 0 bridgehead atoms. The van der Waals surface area contributed by atoms with E-state index < -0.39 is 47.3 Å². The van der Waals surface area contributed by atoms with Gasteiger partial charge in [-0.3, -0.25) is 0 Å². The Hall–Kier alpha value is 0.0369. The summed E-state index contributed by atoms with van der Waals surface area (Å²) >= 11 is 12.8. The van der Waals surface area contributed by atoms with E-state index >= 15 is 0 Å². The first-order valence-corrected chi connectivity index (χ1v) is 10.2. The monoisotopic (exact) mass is 502 g/mol. The number of hydrogen-bond donors (Lipinski definition) is 0. The van der Waals surface area contributed by atoms with Gasteiger partial charge in [-0.05, 0) is 0 Å². The van der Waals surface area contributed by atoms with Crippen LogP contribution in [0.4, 0.5) is 65.9 Å². The smallest absolute Gasteiger partial charge is 0.226 e. The van der Waals surface area contributed by atoms with Crippen molar-refractivity contribution in [2.45, 2.75) is 41.3 Å². The highest BCUT2D eigenvalue weighted by atomic mass is 35.8. The number of hydrogen-bond acceptors (Lipinski definition) is 0. The molecule has 0 fully saturated rings. The summed E-state index contributed by atoms with van der Waals surface area (Å²) in [6, 6.07) is -6.94. The summed E-state index contributed by atoms with van der Waals surface area (Å²) in [7, 11) is 0. The van der Waals surface area contributed by atoms with Crippen molar-refractivity contribution in [2.75, 3.05) is 0 Å². The lowest BCUT2D eigenvalue weighted by molar-refractivity contribution is -0.438. The third-order valence-corrected chi connectivity index (χ3v) is 6.48. The molecule has 0 aromatic rings. The van der Waals surface area contributed by atoms with Crippen molar-refractivity contribution in [3.8, 4) is 0 Å². The Labute approximate surface area is 147 Å². The van der Waals surface area contributed by atoms with Gasteiger partial charge in [0.15, 0.2) is 0 Å². The molecule has 0 aromatic carbocycles. The van der Waals surface area contributed by atoms with Gasteiger partial charge in [0, 0.05) is 0 Å².